The highest BCUT2D eigenvalue weighted by atomic mass is 16.6. The molecule has 1 saturated heterocycles. The molecule has 0 radical (unpaired) electrons. The number of nitro benzene ring substituents is 1. The fourth-order valence-corrected chi connectivity index (χ4v) is 5.82. The van der Waals surface area contributed by atoms with E-state index in [1.165, 1.54) is 12.1 Å². The number of aromatic nitrogens is 1. The molecule has 2 aliphatic rings. The van der Waals surface area contributed by atoms with Gasteiger partial charge < -0.3 is 19.9 Å². The maximum absolute atomic E-state index is 12.0. The Morgan fingerprint density at radius 3 is 2.57 bits per heavy atom. The van der Waals surface area contributed by atoms with E-state index in [-0.39, 0.29) is 23.4 Å². The van der Waals surface area contributed by atoms with Crippen LogP contribution in [0.5, 0.6) is 5.88 Å². The molecule has 214 valence electrons. The molecular weight excluding hydrogens is 534 g/mol. The van der Waals surface area contributed by atoms with Crippen LogP contribution in [0.3, 0.4) is 0 Å². The standard InChI is InChI=1S/C32H31N5O5/c1-20(38)36-16-13-23-17-25(9-8-24(23)19-36)33-31(30-27-18-26(37(41)42)10-11-28(27)34-32(30)40)22-6-4-21(5-7-22)12-15-35-14-2-3-29(35)39/h4-11,17-18,34,40H,2-3,12-16,19H2,1H3. The molecule has 1 aromatic heterocycles. The third-order valence-electron chi connectivity index (χ3n) is 8.17. The molecule has 0 spiro atoms. The summed E-state index contributed by atoms with van der Waals surface area (Å²) in [5, 5.41) is 23.1. The first-order valence-corrected chi connectivity index (χ1v) is 14.1. The molecule has 3 aromatic carbocycles. The number of likely N-dealkylation sites (tertiary alicyclic amines) is 1. The topological polar surface area (TPSA) is 132 Å². The lowest BCUT2D eigenvalue weighted by molar-refractivity contribution is -0.384. The summed E-state index contributed by atoms with van der Waals surface area (Å²) >= 11 is 0. The van der Waals surface area contributed by atoms with Gasteiger partial charge in [-0.15, -0.1) is 0 Å². The van der Waals surface area contributed by atoms with Gasteiger partial charge in [0.05, 0.1) is 21.9 Å². The SMILES string of the molecule is CC(=O)N1CCc2cc(N=C(c3ccc(CCN4CCCC4=O)cc3)c3c(O)[nH]c4ccc([N+](=O)[O-])cc34)ccc2C1. The van der Waals surface area contributed by atoms with E-state index in [2.05, 4.69) is 4.98 Å². The first-order valence-electron chi connectivity index (χ1n) is 14.1. The van der Waals surface area contributed by atoms with Crippen LogP contribution < -0.4 is 0 Å². The number of H-pyrrole nitrogens is 1. The number of carbonyl (C=O) groups excluding carboxylic acids is 2. The van der Waals surface area contributed by atoms with E-state index in [9.17, 15) is 24.8 Å². The Labute approximate surface area is 242 Å². The van der Waals surface area contributed by atoms with Gasteiger partial charge in [0.15, 0.2) is 5.88 Å². The first kappa shape index (κ1) is 27.2. The number of aromatic hydroxyl groups is 1. The molecule has 1 fully saturated rings. The molecule has 10 heteroatoms. The molecule has 0 bridgehead atoms. The highest BCUT2D eigenvalue weighted by Crippen LogP contribution is 2.34. The Kier molecular flexibility index (Phi) is 7.20. The number of benzene rings is 3. The molecule has 2 N–H and O–H groups in total. The van der Waals surface area contributed by atoms with Gasteiger partial charge in [-0.3, -0.25) is 19.7 Å². The van der Waals surface area contributed by atoms with Crippen molar-refractivity contribution in [3.8, 4) is 5.88 Å². The Morgan fingerprint density at radius 1 is 1.05 bits per heavy atom. The molecule has 4 aromatic rings. The number of rotatable bonds is 7. The van der Waals surface area contributed by atoms with E-state index in [0.717, 1.165) is 41.6 Å². The molecule has 0 unspecified atom stereocenters. The van der Waals surface area contributed by atoms with Gasteiger partial charge in [-0.25, -0.2) is 4.99 Å². The van der Waals surface area contributed by atoms with E-state index in [1.807, 2.05) is 52.3 Å². The lowest BCUT2D eigenvalue weighted by Crippen LogP contribution is -2.34. The predicted molar refractivity (Wildman–Crippen MR) is 159 cm³/mol. The summed E-state index contributed by atoms with van der Waals surface area (Å²) in [6, 6.07) is 18.1. The van der Waals surface area contributed by atoms with Gasteiger partial charge in [0.1, 0.15) is 0 Å². The minimum absolute atomic E-state index is 0.0458. The Hall–Kier alpha value is -4.99. The number of carbonyl (C=O) groups is 2. The smallest absolute Gasteiger partial charge is 0.270 e. The van der Waals surface area contributed by atoms with Crippen molar-refractivity contribution >= 4 is 39.8 Å². The number of hydrogen-bond donors (Lipinski definition) is 2. The molecule has 10 nitrogen and oxygen atoms in total. The maximum atomic E-state index is 12.0. The van der Waals surface area contributed by atoms with Crippen LogP contribution in [0.15, 0.2) is 65.7 Å². The van der Waals surface area contributed by atoms with Crippen LogP contribution in [0.2, 0.25) is 0 Å². The van der Waals surface area contributed by atoms with Crippen molar-refractivity contribution in [2.75, 3.05) is 19.6 Å². The van der Waals surface area contributed by atoms with Gasteiger partial charge in [-0.05, 0) is 54.2 Å². The van der Waals surface area contributed by atoms with Crippen LogP contribution in [0.4, 0.5) is 11.4 Å². The second kappa shape index (κ2) is 11.1. The molecule has 6 rings (SSSR count). The quantitative estimate of drug-likeness (QED) is 0.185. The number of nitrogens with one attached hydrogen (secondary N) is 1. The van der Waals surface area contributed by atoms with Crippen LogP contribution in [0.25, 0.3) is 10.9 Å². The van der Waals surface area contributed by atoms with Crippen molar-refractivity contribution in [1.29, 1.82) is 0 Å². The van der Waals surface area contributed by atoms with E-state index >= 15 is 0 Å². The largest absolute Gasteiger partial charge is 0.494 e. The van der Waals surface area contributed by atoms with Crippen molar-refractivity contribution in [3.05, 3.63) is 98.6 Å². The summed E-state index contributed by atoms with van der Waals surface area (Å²) < 4.78 is 0. The average molecular weight is 566 g/mol. The number of aromatic amines is 1. The highest BCUT2D eigenvalue weighted by molar-refractivity contribution is 6.22. The van der Waals surface area contributed by atoms with E-state index < -0.39 is 4.92 Å². The minimum atomic E-state index is -0.461. The summed E-state index contributed by atoms with van der Waals surface area (Å²) in [5.41, 5.74) is 5.99. The number of hydrogen-bond acceptors (Lipinski definition) is 6. The second-order valence-electron chi connectivity index (χ2n) is 10.9. The van der Waals surface area contributed by atoms with Crippen LogP contribution in [0, 0.1) is 10.1 Å². The van der Waals surface area contributed by atoms with E-state index in [1.54, 1.807) is 13.0 Å². The Morgan fingerprint density at radius 2 is 1.86 bits per heavy atom. The Balaban J connectivity index is 1.40. The van der Waals surface area contributed by atoms with Crippen molar-refractivity contribution in [2.24, 2.45) is 4.99 Å². The lowest BCUT2D eigenvalue weighted by Gasteiger charge is -2.28. The fraction of sp³-hybridized carbons (Fsp3) is 0.281. The molecule has 0 aliphatic carbocycles. The lowest BCUT2D eigenvalue weighted by atomic mass is 9.97. The second-order valence-corrected chi connectivity index (χ2v) is 10.9. The maximum Gasteiger partial charge on any atom is 0.270 e. The summed E-state index contributed by atoms with van der Waals surface area (Å²) in [5.74, 6) is 0.115. The third kappa shape index (κ3) is 5.35. The van der Waals surface area contributed by atoms with Crippen LogP contribution in [-0.2, 0) is 29.0 Å². The molecule has 2 aliphatic heterocycles. The first-order chi connectivity index (χ1) is 20.3. The van der Waals surface area contributed by atoms with Crippen molar-refractivity contribution in [1.82, 2.24) is 14.8 Å². The van der Waals surface area contributed by atoms with Crippen LogP contribution in [0.1, 0.15) is 47.6 Å². The fourth-order valence-electron chi connectivity index (χ4n) is 5.82. The zero-order valence-corrected chi connectivity index (χ0v) is 23.3. The van der Waals surface area contributed by atoms with Gasteiger partial charge in [0, 0.05) is 68.1 Å². The predicted octanol–water partition coefficient (Wildman–Crippen LogP) is 5.02. The average Bonchev–Trinajstić information content (AvgIpc) is 3.55. The highest BCUT2D eigenvalue weighted by Gasteiger charge is 2.23. The number of nitro groups is 1. The molecule has 0 atom stereocenters. The zero-order chi connectivity index (χ0) is 29.4. The van der Waals surface area contributed by atoms with E-state index in [4.69, 9.17) is 4.99 Å². The van der Waals surface area contributed by atoms with Gasteiger partial charge in [0.2, 0.25) is 11.8 Å². The summed E-state index contributed by atoms with van der Waals surface area (Å²) in [6.45, 7) is 4.24. The van der Waals surface area contributed by atoms with Gasteiger partial charge >= 0.3 is 0 Å². The summed E-state index contributed by atoms with van der Waals surface area (Å²) in [4.78, 5) is 46.6. The van der Waals surface area contributed by atoms with Gasteiger partial charge in [-0.1, -0.05) is 30.3 Å². The molecule has 0 saturated carbocycles. The molecule has 42 heavy (non-hydrogen) atoms. The normalized spacial score (nSPS) is 15.4. The van der Waals surface area contributed by atoms with Crippen molar-refractivity contribution < 1.29 is 19.6 Å². The monoisotopic (exact) mass is 565 g/mol. The van der Waals surface area contributed by atoms with Gasteiger partial charge in [0.25, 0.3) is 5.69 Å². The Bertz CT molecular complexity index is 1740. The zero-order valence-electron chi connectivity index (χ0n) is 23.3. The minimum Gasteiger partial charge on any atom is -0.494 e. The summed E-state index contributed by atoms with van der Waals surface area (Å²) in [7, 11) is 0. The number of aliphatic imine (C=N–C) groups is 1. The van der Waals surface area contributed by atoms with Crippen molar-refractivity contribution in [3.63, 3.8) is 0 Å². The van der Waals surface area contributed by atoms with Crippen LogP contribution in [-0.4, -0.2) is 62.0 Å². The van der Waals surface area contributed by atoms with E-state index in [0.29, 0.717) is 60.3 Å². The van der Waals surface area contributed by atoms with Crippen molar-refractivity contribution in [2.45, 2.75) is 39.2 Å². The van der Waals surface area contributed by atoms with Gasteiger partial charge in [-0.2, -0.15) is 0 Å². The number of fused-ring (bicyclic) bond motifs is 2. The number of amides is 2. The third-order valence-corrected chi connectivity index (χ3v) is 8.17. The molecule has 2 amide bonds. The number of nitrogens with zero attached hydrogens (tertiary/aromatic N) is 4. The van der Waals surface area contributed by atoms with Crippen LogP contribution >= 0.6 is 0 Å². The molecular formula is C32H31N5O5. The summed E-state index contributed by atoms with van der Waals surface area (Å²) in [6.07, 6.45) is 2.96. The number of non-ortho nitro benzene ring substituents is 1. The molecule has 3 heterocycles.